The van der Waals surface area contributed by atoms with Gasteiger partial charge in [0.25, 0.3) is 0 Å². The van der Waals surface area contributed by atoms with Crippen LogP contribution in [0.1, 0.15) is 35.0 Å². The molecule has 1 amide bonds. The molecule has 1 aromatic heterocycles. The second kappa shape index (κ2) is 7.42. The minimum atomic E-state index is 0.0537. The molecule has 0 radical (unpaired) electrons. The van der Waals surface area contributed by atoms with E-state index >= 15 is 0 Å². The number of aryl methyl sites for hydroxylation is 2. The lowest BCUT2D eigenvalue weighted by atomic mass is 9.90. The van der Waals surface area contributed by atoms with Gasteiger partial charge in [-0.25, -0.2) is 0 Å². The Bertz CT molecular complexity index is 794. The van der Waals surface area contributed by atoms with Crippen molar-refractivity contribution in [3.8, 4) is 0 Å². The molecule has 6 heteroatoms. The first kappa shape index (κ1) is 17.1. The van der Waals surface area contributed by atoms with Gasteiger partial charge in [-0.05, 0) is 31.5 Å². The number of hydrogen-bond acceptors (Lipinski definition) is 3. The van der Waals surface area contributed by atoms with Crippen molar-refractivity contribution in [2.45, 2.75) is 32.7 Å². The van der Waals surface area contributed by atoms with Crippen molar-refractivity contribution < 1.29 is 9.21 Å². The number of aliphatic imine (C=N–C) groups is 1. The number of para-hydroxylation sites is 1. The van der Waals surface area contributed by atoms with Gasteiger partial charge < -0.3 is 20.4 Å². The van der Waals surface area contributed by atoms with Crippen LogP contribution >= 0.6 is 0 Å². The zero-order valence-corrected chi connectivity index (χ0v) is 14.8. The molecule has 0 fully saturated rings. The summed E-state index contributed by atoms with van der Waals surface area (Å²) in [5, 5.41) is 9.54. The third kappa shape index (κ3) is 4.02. The first-order chi connectivity index (χ1) is 12.1. The molecule has 132 valence electrons. The molecular weight excluding hydrogens is 316 g/mol. The Labute approximate surface area is 147 Å². The van der Waals surface area contributed by atoms with Crippen molar-refractivity contribution in [1.29, 1.82) is 0 Å². The Kier molecular flexibility index (Phi) is 5.07. The second-order valence-electron chi connectivity index (χ2n) is 6.28. The maximum atomic E-state index is 11.9. The van der Waals surface area contributed by atoms with Crippen LogP contribution in [0, 0.1) is 13.8 Å². The summed E-state index contributed by atoms with van der Waals surface area (Å²) >= 11 is 0. The fourth-order valence-corrected chi connectivity index (χ4v) is 3.16. The molecule has 0 saturated carbocycles. The van der Waals surface area contributed by atoms with Gasteiger partial charge in [0, 0.05) is 43.7 Å². The summed E-state index contributed by atoms with van der Waals surface area (Å²) in [6.45, 7) is 5.19. The highest BCUT2D eigenvalue weighted by Gasteiger charge is 2.24. The fourth-order valence-electron chi connectivity index (χ4n) is 3.16. The number of nitrogens with one attached hydrogen (secondary N) is 3. The number of amides is 1. The van der Waals surface area contributed by atoms with Crippen LogP contribution < -0.4 is 16.0 Å². The Morgan fingerprint density at radius 1 is 1.32 bits per heavy atom. The third-order valence-electron chi connectivity index (χ3n) is 4.44. The molecule has 1 atom stereocenters. The van der Waals surface area contributed by atoms with Crippen molar-refractivity contribution in [2.24, 2.45) is 4.99 Å². The first-order valence-corrected chi connectivity index (χ1v) is 8.46. The zero-order valence-electron chi connectivity index (χ0n) is 14.8. The van der Waals surface area contributed by atoms with E-state index in [9.17, 15) is 4.79 Å². The summed E-state index contributed by atoms with van der Waals surface area (Å²) in [6, 6.07) is 9.97. The van der Waals surface area contributed by atoms with Crippen molar-refractivity contribution in [3.05, 3.63) is 53.0 Å². The average molecular weight is 340 g/mol. The molecule has 1 aliphatic rings. The first-order valence-electron chi connectivity index (χ1n) is 8.46. The molecule has 25 heavy (non-hydrogen) atoms. The molecule has 0 spiro atoms. The Morgan fingerprint density at radius 2 is 2.12 bits per heavy atom. The minimum Gasteiger partial charge on any atom is -0.466 e. The predicted octanol–water partition coefficient (Wildman–Crippen LogP) is 2.69. The highest BCUT2D eigenvalue weighted by Crippen LogP contribution is 2.31. The third-order valence-corrected chi connectivity index (χ3v) is 4.44. The van der Waals surface area contributed by atoms with Crippen LogP contribution in [-0.4, -0.2) is 25.5 Å². The molecule has 0 bridgehead atoms. The molecule has 2 aromatic rings. The van der Waals surface area contributed by atoms with Gasteiger partial charge in [0.1, 0.15) is 11.5 Å². The van der Waals surface area contributed by atoms with Crippen LogP contribution in [0.5, 0.6) is 0 Å². The number of hydrogen-bond donors (Lipinski definition) is 3. The van der Waals surface area contributed by atoms with Gasteiger partial charge in [0.05, 0.1) is 0 Å². The number of carbonyl (C=O) groups excluding carboxylic acids is 1. The molecule has 3 rings (SSSR count). The van der Waals surface area contributed by atoms with Gasteiger partial charge in [0.15, 0.2) is 5.96 Å². The van der Waals surface area contributed by atoms with Crippen LogP contribution in [0.2, 0.25) is 0 Å². The molecule has 0 aliphatic carbocycles. The number of guanidine groups is 1. The summed E-state index contributed by atoms with van der Waals surface area (Å²) in [5.74, 6) is 2.71. The van der Waals surface area contributed by atoms with Crippen molar-refractivity contribution >= 4 is 17.6 Å². The number of nitrogens with zero attached hydrogens (tertiary/aromatic N) is 1. The van der Waals surface area contributed by atoms with Crippen molar-refractivity contribution in [2.75, 3.05) is 18.9 Å². The highest BCUT2D eigenvalue weighted by atomic mass is 16.3. The topological polar surface area (TPSA) is 78.7 Å². The van der Waals surface area contributed by atoms with E-state index in [2.05, 4.69) is 27.0 Å². The van der Waals surface area contributed by atoms with Crippen LogP contribution in [0.3, 0.4) is 0 Å². The minimum absolute atomic E-state index is 0.0537. The van der Waals surface area contributed by atoms with E-state index in [1.54, 1.807) is 7.05 Å². The fraction of sp³-hybridized carbons (Fsp3) is 0.368. The molecule has 6 nitrogen and oxygen atoms in total. The quantitative estimate of drug-likeness (QED) is 0.591. The van der Waals surface area contributed by atoms with E-state index in [-0.39, 0.29) is 11.8 Å². The summed E-state index contributed by atoms with van der Waals surface area (Å²) in [4.78, 5) is 16.2. The lowest BCUT2D eigenvalue weighted by Gasteiger charge is -2.26. The summed E-state index contributed by atoms with van der Waals surface area (Å²) < 4.78 is 5.54. The molecule has 1 aliphatic heterocycles. The summed E-state index contributed by atoms with van der Waals surface area (Å²) in [5.41, 5.74) is 3.17. The number of carbonyl (C=O) groups is 1. The van der Waals surface area contributed by atoms with E-state index in [4.69, 9.17) is 4.42 Å². The Hall–Kier alpha value is -2.76. The average Bonchev–Trinajstić information content (AvgIpc) is 2.92. The maximum absolute atomic E-state index is 11.9. The smallest absolute Gasteiger partial charge is 0.225 e. The zero-order chi connectivity index (χ0) is 17.8. The van der Waals surface area contributed by atoms with Crippen molar-refractivity contribution in [3.63, 3.8) is 0 Å². The number of benzene rings is 1. The number of furan rings is 1. The Morgan fingerprint density at radius 3 is 2.84 bits per heavy atom. The van der Waals surface area contributed by atoms with Gasteiger partial charge in [-0.2, -0.15) is 0 Å². The number of anilines is 1. The summed E-state index contributed by atoms with van der Waals surface area (Å²) in [7, 11) is 1.74. The summed E-state index contributed by atoms with van der Waals surface area (Å²) in [6.07, 6.45) is 0.473. The van der Waals surface area contributed by atoms with E-state index in [1.165, 1.54) is 0 Å². The largest absolute Gasteiger partial charge is 0.466 e. The molecule has 0 saturated heterocycles. The normalized spacial score (nSPS) is 17.0. The van der Waals surface area contributed by atoms with E-state index in [0.717, 1.165) is 28.3 Å². The number of fused-ring (bicyclic) bond motifs is 1. The lowest BCUT2D eigenvalue weighted by Crippen LogP contribution is -2.40. The van der Waals surface area contributed by atoms with E-state index < -0.39 is 0 Å². The molecule has 3 N–H and O–H groups in total. The molecular formula is C19H24N4O2. The molecule has 1 unspecified atom stereocenters. The highest BCUT2D eigenvalue weighted by molar-refractivity contribution is 5.94. The standard InChI is InChI=1S/C19H24N4O2/c1-12-8-14(13(2)25-12)10-21-19(20-3)22-11-15-9-18(24)23-17-7-5-4-6-16(15)17/h4-8,15H,9-11H2,1-3H3,(H,23,24)(H2,20,21,22). The predicted molar refractivity (Wildman–Crippen MR) is 98.8 cm³/mol. The molecule has 2 heterocycles. The van der Waals surface area contributed by atoms with Crippen molar-refractivity contribution in [1.82, 2.24) is 10.6 Å². The SMILES string of the molecule is CN=C(NCc1cc(C)oc1C)NCC1CC(=O)Nc2ccccc21. The van der Waals surface area contributed by atoms with Crippen LogP contribution in [0.4, 0.5) is 5.69 Å². The van der Waals surface area contributed by atoms with Gasteiger partial charge in [-0.3, -0.25) is 9.79 Å². The molecule has 1 aromatic carbocycles. The monoisotopic (exact) mass is 340 g/mol. The van der Waals surface area contributed by atoms with Crippen LogP contribution in [0.15, 0.2) is 39.7 Å². The Balaban J connectivity index is 1.60. The van der Waals surface area contributed by atoms with Gasteiger partial charge in [-0.1, -0.05) is 18.2 Å². The maximum Gasteiger partial charge on any atom is 0.225 e. The van der Waals surface area contributed by atoms with Gasteiger partial charge in [0.2, 0.25) is 5.91 Å². The van der Waals surface area contributed by atoms with E-state index in [1.807, 2.05) is 38.1 Å². The van der Waals surface area contributed by atoms with Gasteiger partial charge >= 0.3 is 0 Å². The van der Waals surface area contributed by atoms with Crippen LogP contribution in [-0.2, 0) is 11.3 Å². The van der Waals surface area contributed by atoms with Gasteiger partial charge in [-0.15, -0.1) is 0 Å². The number of rotatable bonds is 4. The van der Waals surface area contributed by atoms with E-state index in [0.29, 0.717) is 25.5 Å². The van der Waals surface area contributed by atoms with Crippen LogP contribution in [0.25, 0.3) is 0 Å². The lowest BCUT2D eigenvalue weighted by molar-refractivity contribution is -0.116. The second-order valence-corrected chi connectivity index (χ2v) is 6.28.